The van der Waals surface area contributed by atoms with Gasteiger partial charge in [0.25, 0.3) is 5.91 Å². The van der Waals surface area contributed by atoms with Gasteiger partial charge in [-0.2, -0.15) is 0 Å². The zero-order valence-electron chi connectivity index (χ0n) is 15.2. The molecule has 1 atom stereocenters. The molecule has 2 aromatic rings. The Morgan fingerprint density at radius 1 is 1.23 bits per heavy atom. The Hall–Kier alpha value is -2.43. The number of benzene rings is 1. The molecule has 2 heterocycles. The van der Waals surface area contributed by atoms with Crippen molar-refractivity contribution in [3.8, 4) is 0 Å². The fourth-order valence-corrected chi connectivity index (χ4v) is 3.47. The molecule has 26 heavy (non-hydrogen) atoms. The molecular weight excluding hydrogens is 329 g/mol. The van der Waals surface area contributed by atoms with Crippen LogP contribution < -0.4 is 5.32 Å². The molecule has 1 N–H and O–H groups in total. The number of amides is 1. The monoisotopic (exact) mass is 355 g/mol. The highest BCUT2D eigenvalue weighted by molar-refractivity contribution is 5.92. The molecule has 1 unspecified atom stereocenters. The van der Waals surface area contributed by atoms with E-state index in [9.17, 15) is 9.18 Å². The molecule has 3 rings (SSSR count). The second-order valence-corrected chi connectivity index (χ2v) is 6.79. The van der Waals surface area contributed by atoms with Crippen LogP contribution in [0.2, 0.25) is 0 Å². The van der Waals surface area contributed by atoms with E-state index in [2.05, 4.69) is 17.2 Å². The van der Waals surface area contributed by atoms with Crippen molar-refractivity contribution in [2.24, 2.45) is 0 Å². The van der Waals surface area contributed by atoms with E-state index in [1.807, 2.05) is 11.0 Å². The summed E-state index contributed by atoms with van der Waals surface area (Å²) in [5, 5.41) is 3.29. The molecule has 1 amide bonds. The lowest BCUT2D eigenvalue weighted by atomic mass is 9.99. The first-order chi connectivity index (χ1) is 12.7. The number of rotatable bonds is 6. The fraction of sp³-hybridized carbons (Fsp3) is 0.429. The Balaban J connectivity index is 1.54. The lowest BCUT2D eigenvalue weighted by Crippen LogP contribution is -2.43. The predicted octanol–water partition coefficient (Wildman–Crippen LogP) is 4.28. The van der Waals surface area contributed by atoms with Crippen LogP contribution in [0.25, 0.3) is 0 Å². The first-order valence-electron chi connectivity index (χ1n) is 9.42. The zero-order valence-corrected chi connectivity index (χ0v) is 15.2. The minimum atomic E-state index is -0.217. The standard InChI is InChI=1S/C21H26FN3O/c1-2-19-5-3-4-14-25(19)21(26)20-11-10-18(15-24-20)23-13-12-16-6-8-17(22)9-7-16/h6-11,15,19,23H,2-5,12-14H2,1H3. The van der Waals surface area contributed by atoms with Crippen molar-refractivity contribution in [3.05, 3.63) is 59.7 Å². The van der Waals surface area contributed by atoms with Crippen molar-refractivity contribution in [2.75, 3.05) is 18.4 Å². The third-order valence-electron chi connectivity index (χ3n) is 5.00. The molecule has 0 radical (unpaired) electrons. The van der Waals surface area contributed by atoms with Crippen molar-refractivity contribution in [1.82, 2.24) is 9.88 Å². The average molecular weight is 355 g/mol. The highest BCUT2D eigenvalue weighted by Gasteiger charge is 2.26. The maximum atomic E-state index is 12.9. The van der Waals surface area contributed by atoms with Crippen molar-refractivity contribution in [3.63, 3.8) is 0 Å². The third-order valence-corrected chi connectivity index (χ3v) is 5.00. The maximum Gasteiger partial charge on any atom is 0.272 e. The number of nitrogens with zero attached hydrogens (tertiary/aromatic N) is 2. The van der Waals surface area contributed by atoms with Gasteiger partial charge in [0.2, 0.25) is 0 Å². The molecule has 1 fully saturated rings. The van der Waals surface area contributed by atoms with Gasteiger partial charge in [0.05, 0.1) is 11.9 Å². The summed E-state index contributed by atoms with van der Waals surface area (Å²) in [4.78, 5) is 19.1. The minimum absolute atomic E-state index is 0.0365. The lowest BCUT2D eigenvalue weighted by Gasteiger charge is -2.35. The average Bonchev–Trinajstić information content (AvgIpc) is 2.69. The molecular formula is C21H26FN3O. The van der Waals surface area contributed by atoms with Gasteiger partial charge in [0.1, 0.15) is 11.5 Å². The van der Waals surface area contributed by atoms with E-state index in [1.165, 1.54) is 18.6 Å². The highest BCUT2D eigenvalue weighted by atomic mass is 19.1. The maximum absolute atomic E-state index is 12.9. The normalized spacial score (nSPS) is 17.2. The number of aromatic nitrogens is 1. The van der Waals surface area contributed by atoms with E-state index in [4.69, 9.17) is 0 Å². The predicted molar refractivity (Wildman–Crippen MR) is 102 cm³/mol. The fourth-order valence-electron chi connectivity index (χ4n) is 3.47. The summed E-state index contributed by atoms with van der Waals surface area (Å²) in [6, 6.07) is 10.6. The first-order valence-corrected chi connectivity index (χ1v) is 9.42. The Labute approximate surface area is 154 Å². The summed E-state index contributed by atoms with van der Waals surface area (Å²) < 4.78 is 12.9. The summed E-state index contributed by atoms with van der Waals surface area (Å²) in [5.41, 5.74) is 2.47. The smallest absolute Gasteiger partial charge is 0.272 e. The molecule has 1 aliphatic rings. The van der Waals surface area contributed by atoms with Gasteiger partial charge in [-0.3, -0.25) is 4.79 Å². The Kier molecular flexibility index (Phi) is 6.21. The van der Waals surface area contributed by atoms with Crippen LogP contribution in [0.3, 0.4) is 0 Å². The Morgan fingerprint density at radius 3 is 2.73 bits per heavy atom. The summed E-state index contributed by atoms with van der Waals surface area (Å²) in [5.74, 6) is -0.181. The van der Waals surface area contributed by atoms with Crippen LogP contribution in [0.5, 0.6) is 0 Å². The van der Waals surface area contributed by atoms with E-state index < -0.39 is 0 Å². The number of nitrogens with one attached hydrogen (secondary N) is 1. The molecule has 1 saturated heterocycles. The lowest BCUT2D eigenvalue weighted by molar-refractivity contribution is 0.0602. The summed E-state index contributed by atoms with van der Waals surface area (Å²) in [6.07, 6.45) is 6.87. The molecule has 1 aliphatic heterocycles. The minimum Gasteiger partial charge on any atom is -0.383 e. The third kappa shape index (κ3) is 4.59. The molecule has 4 nitrogen and oxygen atoms in total. The topological polar surface area (TPSA) is 45.2 Å². The van der Waals surface area contributed by atoms with Gasteiger partial charge in [0, 0.05) is 19.1 Å². The number of hydrogen-bond acceptors (Lipinski definition) is 3. The van der Waals surface area contributed by atoms with E-state index in [0.717, 1.165) is 50.0 Å². The SMILES string of the molecule is CCC1CCCCN1C(=O)c1ccc(NCCc2ccc(F)cc2)cn1. The van der Waals surface area contributed by atoms with Gasteiger partial charge in [-0.1, -0.05) is 19.1 Å². The van der Waals surface area contributed by atoms with Crippen molar-refractivity contribution in [1.29, 1.82) is 0 Å². The van der Waals surface area contributed by atoms with E-state index >= 15 is 0 Å². The Bertz CT molecular complexity index is 715. The molecule has 0 spiro atoms. The molecule has 0 aliphatic carbocycles. The van der Waals surface area contributed by atoms with Crippen molar-refractivity contribution < 1.29 is 9.18 Å². The number of pyridine rings is 1. The molecule has 0 bridgehead atoms. The molecule has 1 aromatic heterocycles. The number of halogens is 1. The Morgan fingerprint density at radius 2 is 2.04 bits per heavy atom. The molecule has 1 aromatic carbocycles. The van der Waals surface area contributed by atoms with Gasteiger partial charge in [-0.25, -0.2) is 9.37 Å². The molecule has 5 heteroatoms. The summed E-state index contributed by atoms with van der Waals surface area (Å²) >= 11 is 0. The molecule has 138 valence electrons. The highest BCUT2D eigenvalue weighted by Crippen LogP contribution is 2.21. The van der Waals surface area contributed by atoms with Crippen molar-refractivity contribution in [2.45, 2.75) is 45.1 Å². The van der Waals surface area contributed by atoms with Crippen LogP contribution in [0.15, 0.2) is 42.6 Å². The van der Waals surface area contributed by atoms with Gasteiger partial charge >= 0.3 is 0 Å². The van der Waals surface area contributed by atoms with Crippen LogP contribution in [-0.4, -0.2) is 34.9 Å². The number of carbonyl (C=O) groups excluding carboxylic acids is 1. The quantitative estimate of drug-likeness (QED) is 0.841. The van der Waals surface area contributed by atoms with Crippen molar-refractivity contribution >= 4 is 11.6 Å². The second-order valence-electron chi connectivity index (χ2n) is 6.79. The van der Waals surface area contributed by atoms with Gasteiger partial charge in [-0.05, 0) is 61.9 Å². The number of carbonyl (C=O) groups is 1. The zero-order chi connectivity index (χ0) is 18.4. The number of likely N-dealkylation sites (tertiary alicyclic amines) is 1. The van der Waals surface area contributed by atoms with Gasteiger partial charge in [-0.15, -0.1) is 0 Å². The van der Waals surface area contributed by atoms with Crippen LogP contribution in [0.4, 0.5) is 10.1 Å². The summed E-state index contributed by atoms with van der Waals surface area (Å²) in [7, 11) is 0. The number of piperidine rings is 1. The molecule has 0 saturated carbocycles. The van der Waals surface area contributed by atoms with Crippen LogP contribution >= 0.6 is 0 Å². The largest absolute Gasteiger partial charge is 0.383 e. The van der Waals surface area contributed by atoms with E-state index in [1.54, 1.807) is 24.4 Å². The van der Waals surface area contributed by atoms with E-state index in [-0.39, 0.29) is 11.7 Å². The van der Waals surface area contributed by atoms with Crippen LogP contribution in [0, 0.1) is 5.82 Å². The van der Waals surface area contributed by atoms with Gasteiger partial charge < -0.3 is 10.2 Å². The summed E-state index contributed by atoms with van der Waals surface area (Å²) in [6.45, 7) is 3.69. The van der Waals surface area contributed by atoms with Crippen LogP contribution in [0.1, 0.15) is 48.7 Å². The number of anilines is 1. The number of hydrogen-bond donors (Lipinski definition) is 1. The second kappa shape index (κ2) is 8.79. The van der Waals surface area contributed by atoms with Gasteiger partial charge in [0.15, 0.2) is 0 Å². The van der Waals surface area contributed by atoms with Crippen LogP contribution in [-0.2, 0) is 6.42 Å². The van der Waals surface area contributed by atoms with E-state index in [0.29, 0.717) is 11.7 Å². The first kappa shape index (κ1) is 18.4.